The zero-order chi connectivity index (χ0) is 25.6. The van der Waals surface area contributed by atoms with Crippen molar-refractivity contribution in [2.75, 3.05) is 6.54 Å². The van der Waals surface area contributed by atoms with Crippen LogP contribution < -0.4 is 5.32 Å². The van der Waals surface area contributed by atoms with E-state index in [1.807, 2.05) is 30.3 Å². The summed E-state index contributed by atoms with van der Waals surface area (Å²) in [6.45, 7) is 1.99. The maximum Gasteiger partial charge on any atom is 0.416 e. The van der Waals surface area contributed by atoms with Crippen molar-refractivity contribution in [2.45, 2.75) is 32.6 Å². The number of hydrogen-bond donors (Lipinski definition) is 2. The summed E-state index contributed by atoms with van der Waals surface area (Å²) in [4.78, 5) is 25.2. The van der Waals surface area contributed by atoms with Gasteiger partial charge in [-0.1, -0.05) is 42.5 Å². The zero-order valence-electron chi connectivity index (χ0n) is 18.9. The van der Waals surface area contributed by atoms with Gasteiger partial charge in [-0.25, -0.2) is 9.18 Å². The van der Waals surface area contributed by atoms with Crippen LogP contribution in [0.2, 0.25) is 0 Å². The summed E-state index contributed by atoms with van der Waals surface area (Å²) in [6, 6.07) is 15.3. The minimum absolute atomic E-state index is 0.156. The van der Waals surface area contributed by atoms with Crippen LogP contribution in [0.15, 0.2) is 66.7 Å². The normalized spacial score (nSPS) is 11.2. The van der Waals surface area contributed by atoms with E-state index in [-0.39, 0.29) is 41.9 Å². The second kappa shape index (κ2) is 11.0. The van der Waals surface area contributed by atoms with E-state index in [1.165, 1.54) is 17.0 Å². The Kier molecular flexibility index (Phi) is 8.11. The van der Waals surface area contributed by atoms with Gasteiger partial charge in [-0.2, -0.15) is 13.2 Å². The highest BCUT2D eigenvalue weighted by molar-refractivity contribution is 5.76. The Morgan fingerprint density at radius 1 is 0.971 bits per heavy atom. The molecular formula is C26H24F4N2O3. The fourth-order valence-corrected chi connectivity index (χ4v) is 3.68. The molecule has 0 fully saturated rings. The van der Waals surface area contributed by atoms with Crippen LogP contribution in [0.5, 0.6) is 0 Å². The van der Waals surface area contributed by atoms with Crippen molar-refractivity contribution in [1.29, 1.82) is 0 Å². The van der Waals surface area contributed by atoms with Gasteiger partial charge in [0.15, 0.2) is 0 Å². The van der Waals surface area contributed by atoms with E-state index in [0.717, 1.165) is 29.8 Å². The topological polar surface area (TPSA) is 69.6 Å². The molecule has 9 heteroatoms. The molecule has 0 radical (unpaired) electrons. The van der Waals surface area contributed by atoms with Gasteiger partial charge in [0.05, 0.1) is 12.0 Å². The first-order valence-corrected chi connectivity index (χ1v) is 10.8. The first-order valence-electron chi connectivity index (χ1n) is 10.8. The lowest BCUT2D eigenvalue weighted by atomic mass is 9.95. The summed E-state index contributed by atoms with van der Waals surface area (Å²) in [5.74, 6) is -1.88. The Labute approximate surface area is 200 Å². The zero-order valence-corrected chi connectivity index (χ0v) is 18.9. The SMILES string of the molecule is CCN(Cc1cc(C(F)(F)F)ccc1-c1cc(F)cc(CC(=O)O)c1)C(=O)NCc1ccccc1. The Bertz CT molecular complexity index is 1200. The highest BCUT2D eigenvalue weighted by Gasteiger charge is 2.31. The van der Waals surface area contributed by atoms with Crippen molar-refractivity contribution >= 4 is 12.0 Å². The van der Waals surface area contributed by atoms with Crippen molar-refractivity contribution in [3.63, 3.8) is 0 Å². The minimum Gasteiger partial charge on any atom is -0.481 e. The molecule has 0 atom stereocenters. The summed E-state index contributed by atoms with van der Waals surface area (Å²) in [5, 5.41) is 11.8. The number of nitrogens with one attached hydrogen (secondary N) is 1. The maximum atomic E-state index is 14.2. The molecule has 0 unspecified atom stereocenters. The van der Waals surface area contributed by atoms with Crippen LogP contribution in [-0.2, 0) is 30.5 Å². The van der Waals surface area contributed by atoms with Crippen LogP contribution in [-0.4, -0.2) is 28.6 Å². The van der Waals surface area contributed by atoms with Crippen LogP contribution in [0.1, 0.15) is 29.2 Å². The highest BCUT2D eigenvalue weighted by Crippen LogP contribution is 2.34. The second-order valence-corrected chi connectivity index (χ2v) is 7.95. The van der Waals surface area contributed by atoms with Crippen LogP contribution in [0.4, 0.5) is 22.4 Å². The van der Waals surface area contributed by atoms with E-state index in [4.69, 9.17) is 5.11 Å². The number of hydrogen-bond acceptors (Lipinski definition) is 2. The van der Waals surface area contributed by atoms with Crippen molar-refractivity contribution in [3.8, 4) is 11.1 Å². The van der Waals surface area contributed by atoms with Gasteiger partial charge in [-0.05, 0) is 59.0 Å². The molecule has 2 N–H and O–H groups in total. The first-order chi connectivity index (χ1) is 16.6. The Balaban J connectivity index is 1.95. The third-order valence-electron chi connectivity index (χ3n) is 5.37. The van der Waals surface area contributed by atoms with Crippen LogP contribution in [0, 0.1) is 5.82 Å². The molecule has 0 spiro atoms. The number of alkyl halides is 3. The fourth-order valence-electron chi connectivity index (χ4n) is 3.68. The Morgan fingerprint density at radius 3 is 2.31 bits per heavy atom. The average molecular weight is 488 g/mol. The monoisotopic (exact) mass is 488 g/mol. The molecule has 0 aliphatic rings. The molecule has 3 aromatic carbocycles. The molecule has 0 aliphatic heterocycles. The molecule has 0 saturated heterocycles. The number of nitrogens with zero attached hydrogens (tertiary/aromatic N) is 1. The standard InChI is InChI=1S/C26H24F4N2O3/c1-2-32(25(35)31-15-17-6-4-3-5-7-17)16-20-13-21(26(28,29)30)8-9-23(20)19-10-18(12-24(33)34)11-22(27)14-19/h3-11,13-14H,2,12,15-16H2,1H3,(H,31,35)(H,33,34). The molecule has 0 aliphatic carbocycles. The Hall–Kier alpha value is -3.88. The lowest BCUT2D eigenvalue weighted by Crippen LogP contribution is -2.39. The number of benzene rings is 3. The number of amides is 2. The molecule has 2 amide bonds. The van der Waals surface area contributed by atoms with Crippen molar-refractivity contribution in [3.05, 3.63) is 94.8 Å². The lowest BCUT2D eigenvalue weighted by molar-refractivity contribution is -0.138. The summed E-state index contributed by atoms with van der Waals surface area (Å²) in [6.07, 6.45) is -5.06. The third-order valence-corrected chi connectivity index (χ3v) is 5.37. The van der Waals surface area contributed by atoms with Crippen LogP contribution in [0.25, 0.3) is 11.1 Å². The molecule has 35 heavy (non-hydrogen) atoms. The molecule has 0 bridgehead atoms. The van der Waals surface area contributed by atoms with E-state index in [2.05, 4.69) is 5.32 Å². The van der Waals surface area contributed by atoms with Crippen molar-refractivity contribution in [2.24, 2.45) is 0 Å². The number of halogens is 4. The number of aliphatic carboxylic acids is 1. The molecule has 5 nitrogen and oxygen atoms in total. The molecule has 3 aromatic rings. The number of carboxylic acid groups (broad SMARTS) is 1. The molecule has 0 saturated carbocycles. The summed E-state index contributed by atoms with van der Waals surface area (Å²) >= 11 is 0. The number of carboxylic acids is 1. The highest BCUT2D eigenvalue weighted by atomic mass is 19.4. The lowest BCUT2D eigenvalue weighted by Gasteiger charge is -2.24. The summed E-state index contributed by atoms with van der Waals surface area (Å²) in [7, 11) is 0. The predicted molar refractivity (Wildman–Crippen MR) is 123 cm³/mol. The smallest absolute Gasteiger partial charge is 0.416 e. The second-order valence-electron chi connectivity index (χ2n) is 7.95. The van der Waals surface area contributed by atoms with Crippen molar-refractivity contribution in [1.82, 2.24) is 10.2 Å². The van der Waals surface area contributed by atoms with Gasteiger partial charge in [0.1, 0.15) is 5.82 Å². The Morgan fingerprint density at radius 2 is 1.69 bits per heavy atom. The largest absolute Gasteiger partial charge is 0.481 e. The predicted octanol–water partition coefficient (Wildman–Crippen LogP) is 5.87. The molecular weight excluding hydrogens is 464 g/mol. The van der Waals surface area contributed by atoms with E-state index in [0.29, 0.717) is 0 Å². The van der Waals surface area contributed by atoms with Gasteiger partial charge in [0.2, 0.25) is 0 Å². The molecule has 3 rings (SSSR count). The summed E-state index contributed by atoms with van der Waals surface area (Å²) < 4.78 is 54.6. The van der Waals surface area contributed by atoms with E-state index in [9.17, 15) is 27.2 Å². The first kappa shape index (κ1) is 25.7. The quantitative estimate of drug-likeness (QED) is 0.390. The van der Waals surface area contributed by atoms with E-state index in [1.54, 1.807) is 6.92 Å². The average Bonchev–Trinajstić information content (AvgIpc) is 2.80. The minimum atomic E-state index is -4.61. The van der Waals surface area contributed by atoms with Crippen molar-refractivity contribution < 1.29 is 32.3 Å². The number of urea groups is 1. The van der Waals surface area contributed by atoms with Crippen LogP contribution >= 0.6 is 0 Å². The van der Waals surface area contributed by atoms with Crippen LogP contribution in [0.3, 0.4) is 0 Å². The summed E-state index contributed by atoms with van der Waals surface area (Å²) in [5.41, 5.74) is 0.792. The van der Waals surface area contributed by atoms with Gasteiger partial charge in [-0.15, -0.1) is 0 Å². The van der Waals surface area contributed by atoms with Gasteiger partial charge < -0.3 is 15.3 Å². The fraction of sp³-hybridized carbons (Fsp3) is 0.231. The van der Waals surface area contributed by atoms with E-state index >= 15 is 0 Å². The van der Waals surface area contributed by atoms with Gasteiger partial charge in [0.25, 0.3) is 0 Å². The molecule has 0 heterocycles. The maximum absolute atomic E-state index is 14.2. The number of carbonyl (C=O) groups excluding carboxylic acids is 1. The van der Waals surface area contributed by atoms with Gasteiger partial charge >= 0.3 is 18.2 Å². The number of rotatable bonds is 8. The van der Waals surface area contributed by atoms with E-state index < -0.39 is 36.0 Å². The third kappa shape index (κ3) is 7.05. The molecule has 184 valence electrons. The van der Waals surface area contributed by atoms with Gasteiger partial charge in [-0.3, -0.25) is 4.79 Å². The van der Waals surface area contributed by atoms with Gasteiger partial charge in [0, 0.05) is 19.6 Å². The molecule has 0 aromatic heterocycles. The number of carbonyl (C=O) groups is 2.